The monoisotopic (exact) mass is 556 g/mol. The molecule has 1 aliphatic rings. The number of aliphatic imine (C=N–C) groups is 1. The van der Waals surface area contributed by atoms with Gasteiger partial charge in [0.2, 0.25) is 5.89 Å². The normalized spacial score (nSPS) is 15.5. The van der Waals surface area contributed by atoms with Crippen molar-refractivity contribution in [2.24, 2.45) is 4.99 Å². The summed E-state index contributed by atoms with van der Waals surface area (Å²) in [5.41, 5.74) is 1.19. The van der Waals surface area contributed by atoms with Crippen molar-refractivity contribution >= 4 is 29.9 Å². The fourth-order valence-electron chi connectivity index (χ4n) is 3.82. The number of likely N-dealkylation sites (tertiary alicyclic amines) is 1. The number of nitrogens with one attached hydrogen (secondary N) is 2. The second kappa shape index (κ2) is 13.6. The first kappa shape index (κ1) is 26.4. The molecule has 1 saturated heterocycles. The van der Waals surface area contributed by atoms with Gasteiger partial charge in [-0.2, -0.15) is 4.98 Å². The summed E-state index contributed by atoms with van der Waals surface area (Å²) < 4.78 is 11.0. The summed E-state index contributed by atoms with van der Waals surface area (Å²) in [5, 5.41) is 10.8. The molecular formula is C23H37IN6O2. The topological polar surface area (TPSA) is 87.8 Å². The second-order valence-corrected chi connectivity index (χ2v) is 8.10. The Morgan fingerprint density at radius 3 is 2.62 bits per heavy atom. The van der Waals surface area contributed by atoms with Crippen LogP contribution in [0.15, 0.2) is 33.8 Å². The van der Waals surface area contributed by atoms with E-state index in [0.717, 1.165) is 37.2 Å². The summed E-state index contributed by atoms with van der Waals surface area (Å²) in [7, 11) is 1.73. The van der Waals surface area contributed by atoms with Crippen molar-refractivity contribution in [1.29, 1.82) is 0 Å². The van der Waals surface area contributed by atoms with Gasteiger partial charge in [0.25, 0.3) is 0 Å². The molecule has 8 nitrogen and oxygen atoms in total. The van der Waals surface area contributed by atoms with Crippen molar-refractivity contribution in [2.45, 2.75) is 52.0 Å². The van der Waals surface area contributed by atoms with Crippen LogP contribution in [0.2, 0.25) is 0 Å². The molecule has 1 aromatic carbocycles. The molecule has 0 spiro atoms. The molecule has 1 unspecified atom stereocenters. The number of benzene rings is 1. The Hall–Kier alpha value is -1.88. The van der Waals surface area contributed by atoms with Crippen molar-refractivity contribution < 1.29 is 9.26 Å². The average molecular weight is 556 g/mol. The molecular weight excluding hydrogens is 519 g/mol. The number of hydrogen-bond acceptors (Lipinski definition) is 6. The number of nitrogens with zero attached hydrogens (tertiary/aromatic N) is 4. The van der Waals surface area contributed by atoms with Gasteiger partial charge in [0, 0.05) is 31.0 Å². The van der Waals surface area contributed by atoms with Gasteiger partial charge in [0.1, 0.15) is 5.75 Å². The molecule has 0 aliphatic carbocycles. The first-order chi connectivity index (χ1) is 15.1. The van der Waals surface area contributed by atoms with E-state index >= 15 is 0 Å². The third-order valence-corrected chi connectivity index (χ3v) is 5.48. The zero-order chi connectivity index (χ0) is 22.1. The van der Waals surface area contributed by atoms with Gasteiger partial charge >= 0.3 is 0 Å². The summed E-state index contributed by atoms with van der Waals surface area (Å²) in [6.45, 7) is 10.5. The van der Waals surface area contributed by atoms with E-state index in [2.05, 4.69) is 58.6 Å². The lowest BCUT2D eigenvalue weighted by Crippen LogP contribution is -2.39. The van der Waals surface area contributed by atoms with E-state index in [1.54, 1.807) is 7.11 Å². The minimum Gasteiger partial charge on any atom is -0.496 e. The molecule has 2 N–H and O–H groups in total. The molecule has 0 amide bonds. The number of rotatable bonds is 10. The van der Waals surface area contributed by atoms with Crippen LogP contribution in [-0.4, -0.2) is 60.8 Å². The number of guanidine groups is 1. The lowest BCUT2D eigenvalue weighted by atomic mass is 10.0. The van der Waals surface area contributed by atoms with Gasteiger partial charge in [-0.1, -0.05) is 37.2 Å². The van der Waals surface area contributed by atoms with Gasteiger partial charge in [-0.15, -0.1) is 24.0 Å². The largest absolute Gasteiger partial charge is 0.496 e. The van der Waals surface area contributed by atoms with Crippen molar-refractivity contribution in [3.63, 3.8) is 0 Å². The fraction of sp³-hybridized carbons (Fsp3) is 0.609. The number of aromatic nitrogens is 2. The SMILES string of the molecule is CCNC(=NCC(c1ccccc1OC)N1CCCC1)NCCc1nc(C(C)C)no1.I. The Balaban J connectivity index is 0.00000363. The summed E-state index contributed by atoms with van der Waals surface area (Å²) in [6.07, 6.45) is 3.12. The predicted octanol–water partition coefficient (Wildman–Crippen LogP) is 3.75. The molecule has 0 radical (unpaired) electrons. The van der Waals surface area contributed by atoms with Crippen LogP contribution in [0.3, 0.4) is 0 Å². The Kier molecular flexibility index (Phi) is 11.2. The van der Waals surface area contributed by atoms with E-state index in [4.69, 9.17) is 14.3 Å². The molecule has 1 atom stereocenters. The molecule has 178 valence electrons. The third-order valence-electron chi connectivity index (χ3n) is 5.48. The minimum absolute atomic E-state index is 0. The van der Waals surface area contributed by atoms with E-state index in [1.807, 2.05) is 12.1 Å². The Labute approximate surface area is 208 Å². The highest BCUT2D eigenvalue weighted by molar-refractivity contribution is 14.0. The molecule has 1 aliphatic heterocycles. The Morgan fingerprint density at radius 2 is 1.97 bits per heavy atom. The number of hydrogen-bond donors (Lipinski definition) is 2. The van der Waals surface area contributed by atoms with Crippen LogP contribution in [0.5, 0.6) is 5.75 Å². The van der Waals surface area contributed by atoms with E-state index < -0.39 is 0 Å². The smallest absolute Gasteiger partial charge is 0.228 e. The Bertz CT molecular complexity index is 835. The van der Waals surface area contributed by atoms with Crippen molar-refractivity contribution in [1.82, 2.24) is 25.7 Å². The number of methoxy groups -OCH3 is 1. The van der Waals surface area contributed by atoms with E-state index in [0.29, 0.717) is 25.4 Å². The molecule has 0 bridgehead atoms. The standard InChI is InChI=1S/C23H36N6O2.HI/c1-5-24-23(25-13-12-21-27-22(17(2)3)28-31-21)26-16-19(29-14-8-9-15-29)18-10-6-7-11-20(18)30-4;/h6-7,10-11,17,19H,5,8-9,12-16H2,1-4H3,(H2,24,25,26);1H. The number of halogens is 1. The first-order valence-electron chi connectivity index (χ1n) is 11.3. The maximum Gasteiger partial charge on any atom is 0.228 e. The lowest BCUT2D eigenvalue weighted by molar-refractivity contribution is 0.245. The highest BCUT2D eigenvalue weighted by atomic mass is 127. The highest BCUT2D eigenvalue weighted by Crippen LogP contribution is 2.31. The zero-order valence-corrected chi connectivity index (χ0v) is 22.0. The summed E-state index contributed by atoms with van der Waals surface area (Å²) in [6, 6.07) is 8.46. The minimum atomic E-state index is 0. The van der Waals surface area contributed by atoms with Crippen molar-refractivity contribution in [3.05, 3.63) is 41.5 Å². The van der Waals surface area contributed by atoms with Crippen LogP contribution < -0.4 is 15.4 Å². The van der Waals surface area contributed by atoms with E-state index in [1.165, 1.54) is 18.4 Å². The van der Waals surface area contributed by atoms with Gasteiger partial charge in [0.15, 0.2) is 11.8 Å². The van der Waals surface area contributed by atoms with Gasteiger partial charge in [-0.05, 0) is 38.9 Å². The van der Waals surface area contributed by atoms with Crippen molar-refractivity contribution in [2.75, 3.05) is 39.8 Å². The second-order valence-electron chi connectivity index (χ2n) is 8.10. The lowest BCUT2D eigenvalue weighted by Gasteiger charge is -2.28. The highest BCUT2D eigenvalue weighted by Gasteiger charge is 2.25. The summed E-state index contributed by atoms with van der Waals surface area (Å²) in [5.74, 6) is 3.38. The fourth-order valence-corrected chi connectivity index (χ4v) is 3.82. The van der Waals surface area contributed by atoms with Crippen LogP contribution in [0.25, 0.3) is 0 Å². The quantitative estimate of drug-likeness (QED) is 0.262. The maximum atomic E-state index is 5.64. The summed E-state index contributed by atoms with van der Waals surface area (Å²) in [4.78, 5) is 11.9. The predicted molar refractivity (Wildman–Crippen MR) is 138 cm³/mol. The third kappa shape index (κ3) is 7.33. The molecule has 2 aromatic rings. The molecule has 1 fully saturated rings. The van der Waals surface area contributed by atoms with Crippen LogP contribution in [0.4, 0.5) is 0 Å². The maximum absolute atomic E-state index is 5.64. The summed E-state index contributed by atoms with van der Waals surface area (Å²) >= 11 is 0. The number of ether oxygens (including phenoxy) is 1. The van der Waals surface area contributed by atoms with Gasteiger partial charge in [-0.3, -0.25) is 9.89 Å². The molecule has 2 heterocycles. The molecule has 1 aromatic heterocycles. The molecule has 9 heteroatoms. The molecule has 3 rings (SSSR count). The average Bonchev–Trinajstić information content (AvgIpc) is 3.47. The zero-order valence-electron chi connectivity index (χ0n) is 19.6. The van der Waals surface area contributed by atoms with Gasteiger partial charge < -0.3 is 19.9 Å². The van der Waals surface area contributed by atoms with Gasteiger partial charge in [-0.25, -0.2) is 0 Å². The van der Waals surface area contributed by atoms with Crippen LogP contribution in [0, 0.1) is 0 Å². The van der Waals surface area contributed by atoms with Crippen molar-refractivity contribution in [3.8, 4) is 5.75 Å². The van der Waals surface area contributed by atoms with Crippen LogP contribution in [0.1, 0.15) is 62.9 Å². The molecule has 0 saturated carbocycles. The van der Waals surface area contributed by atoms with Crippen LogP contribution in [-0.2, 0) is 6.42 Å². The van der Waals surface area contributed by atoms with Gasteiger partial charge in [0.05, 0.1) is 19.7 Å². The van der Waals surface area contributed by atoms with Crippen LogP contribution >= 0.6 is 24.0 Å². The van der Waals surface area contributed by atoms with E-state index in [-0.39, 0.29) is 35.9 Å². The Morgan fingerprint density at radius 1 is 1.22 bits per heavy atom. The molecule has 32 heavy (non-hydrogen) atoms. The first-order valence-corrected chi connectivity index (χ1v) is 11.3. The van der Waals surface area contributed by atoms with E-state index in [9.17, 15) is 0 Å². The number of para-hydroxylation sites is 1.